The normalized spacial score (nSPS) is 16.8. The van der Waals surface area contributed by atoms with Gasteiger partial charge in [-0.3, -0.25) is 0 Å². The van der Waals surface area contributed by atoms with Gasteiger partial charge in [-0.2, -0.15) is 0 Å². The van der Waals surface area contributed by atoms with Gasteiger partial charge in [0.15, 0.2) is 4.34 Å². The van der Waals surface area contributed by atoms with E-state index in [-0.39, 0.29) is 11.8 Å². The molecule has 3 aromatic rings. The summed E-state index contributed by atoms with van der Waals surface area (Å²) in [4.78, 5) is 4.57. The molecule has 136 valence electrons. The van der Waals surface area contributed by atoms with Crippen molar-refractivity contribution < 1.29 is 8.42 Å². The van der Waals surface area contributed by atoms with Gasteiger partial charge in [0.05, 0.1) is 16.0 Å². The number of benzene rings is 2. The number of thiazole rings is 1. The molecule has 1 atom stereocenters. The number of hydrogen-bond donors (Lipinski definition) is 1. The monoisotopic (exact) mass is 404 g/mol. The number of nitrogens with zero attached hydrogens (tertiary/aromatic N) is 1. The van der Waals surface area contributed by atoms with Gasteiger partial charge in [-0.05, 0) is 42.5 Å². The summed E-state index contributed by atoms with van der Waals surface area (Å²) >= 11 is 3.29. The Morgan fingerprint density at radius 1 is 1.15 bits per heavy atom. The van der Waals surface area contributed by atoms with Crippen molar-refractivity contribution in [2.24, 2.45) is 0 Å². The lowest BCUT2D eigenvalue weighted by Gasteiger charge is -2.14. The van der Waals surface area contributed by atoms with Crippen molar-refractivity contribution in [1.29, 1.82) is 0 Å². The van der Waals surface area contributed by atoms with Crippen LogP contribution < -0.4 is 4.72 Å². The molecule has 0 radical (unpaired) electrons. The van der Waals surface area contributed by atoms with Crippen LogP contribution in [0, 0.1) is 0 Å². The van der Waals surface area contributed by atoms with Gasteiger partial charge in [0.1, 0.15) is 0 Å². The van der Waals surface area contributed by atoms with Crippen molar-refractivity contribution in [3.63, 3.8) is 0 Å². The van der Waals surface area contributed by atoms with Crippen molar-refractivity contribution in [2.45, 2.75) is 29.6 Å². The largest absolute Gasteiger partial charge is 0.230 e. The highest BCUT2D eigenvalue weighted by molar-refractivity contribution is 8.01. The first-order valence-electron chi connectivity index (χ1n) is 8.67. The number of fused-ring (bicyclic) bond motifs is 2. The number of nitrogens with one attached hydrogen (secondary N) is 1. The van der Waals surface area contributed by atoms with Gasteiger partial charge in [-0.25, -0.2) is 18.1 Å². The number of aryl methyl sites for hydroxylation is 1. The molecule has 0 bridgehead atoms. The second-order valence-electron chi connectivity index (χ2n) is 6.38. The molecule has 0 fully saturated rings. The number of sulfonamides is 1. The standard InChI is InChI=1S/C19H20N2O2S3/c22-26(23,21-16-11-10-14-6-1-2-7-15(14)16)13-5-12-24-19-20-17-8-3-4-9-18(17)25-19/h1-4,6-9,16,21H,5,10-13H2. The summed E-state index contributed by atoms with van der Waals surface area (Å²) in [5.74, 6) is 0.908. The van der Waals surface area contributed by atoms with Gasteiger partial charge in [0.25, 0.3) is 0 Å². The van der Waals surface area contributed by atoms with E-state index in [0.717, 1.165) is 34.0 Å². The first-order chi connectivity index (χ1) is 12.6. The Morgan fingerprint density at radius 2 is 1.96 bits per heavy atom. The summed E-state index contributed by atoms with van der Waals surface area (Å²) in [6, 6.07) is 16.1. The van der Waals surface area contributed by atoms with E-state index in [1.54, 1.807) is 23.1 Å². The molecule has 1 N–H and O–H groups in total. The van der Waals surface area contributed by atoms with Gasteiger partial charge < -0.3 is 0 Å². The van der Waals surface area contributed by atoms with Crippen LogP contribution in [0.25, 0.3) is 10.2 Å². The molecule has 1 aromatic heterocycles. The fourth-order valence-electron chi connectivity index (χ4n) is 3.28. The summed E-state index contributed by atoms with van der Waals surface area (Å²) in [6.07, 6.45) is 2.40. The average molecular weight is 405 g/mol. The van der Waals surface area contributed by atoms with Crippen LogP contribution >= 0.6 is 23.1 Å². The van der Waals surface area contributed by atoms with Gasteiger partial charge in [0, 0.05) is 11.8 Å². The maximum Gasteiger partial charge on any atom is 0.212 e. The zero-order valence-electron chi connectivity index (χ0n) is 14.2. The van der Waals surface area contributed by atoms with Crippen LogP contribution in [0.1, 0.15) is 30.0 Å². The minimum atomic E-state index is -3.27. The zero-order valence-corrected chi connectivity index (χ0v) is 16.7. The second kappa shape index (κ2) is 7.68. The zero-order chi connectivity index (χ0) is 18.0. The first kappa shape index (κ1) is 18.0. The van der Waals surface area contributed by atoms with Crippen molar-refractivity contribution in [1.82, 2.24) is 9.71 Å². The maximum atomic E-state index is 12.4. The Bertz CT molecular complexity index is 981. The fourth-order valence-corrected chi connectivity index (χ4v) is 6.86. The summed E-state index contributed by atoms with van der Waals surface area (Å²) in [6.45, 7) is 0. The molecule has 0 aliphatic heterocycles. The average Bonchev–Trinajstić information content (AvgIpc) is 3.22. The van der Waals surface area contributed by atoms with Crippen molar-refractivity contribution >= 4 is 43.3 Å². The topological polar surface area (TPSA) is 59.1 Å². The third-order valence-electron chi connectivity index (χ3n) is 4.51. The Balaban J connectivity index is 1.29. The fraction of sp³-hybridized carbons (Fsp3) is 0.316. The van der Waals surface area contributed by atoms with E-state index in [1.807, 2.05) is 36.4 Å². The van der Waals surface area contributed by atoms with Crippen LogP contribution in [0.5, 0.6) is 0 Å². The Morgan fingerprint density at radius 3 is 2.85 bits per heavy atom. The van der Waals surface area contributed by atoms with Crippen molar-refractivity contribution in [2.75, 3.05) is 11.5 Å². The highest BCUT2D eigenvalue weighted by Gasteiger charge is 2.25. The van der Waals surface area contributed by atoms with Crippen molar-refractivity contribution in [3.05, 3.63) is 59.7 Å². The summed E-state index contributed by atoms with van der Waals surface area (Å²) < 4.78 is 29.9. The van der Waals surface area contributed by atoms with Crippen molar-refractivity contribution in [3.8, 4) is 0 Å². The SMILES string of the molecule is O=S(=O)(CCCSc1nc2ccccc2s1)NC1CCc2ccccc21. The van der Waals surface area contributed by atoms with E-state index in [1.165, 1.54) is 10.3 Å². The molecule has 4 nitrogen and oxygen atoms in total. The molecule has 1 unspecified atom stereocenters. The van der Waals surface area contributed by atoms with Crippen LogP contribution in [-0.4, -0.2) is 24.9 Å². The Labute approximate surface area is 162 Å². The second-order valence-corrected chi connectivity index (χ2v) is 10.6. The smallest absolute Gasteiger partial charge is 0.212 e. The molecule has 26 heavy (non-hydrogen) atoms. The van der Waals surface area contributed by atoms with E-state index in [0.29, 0.717) is 6.42 Å². The molecule has 0 amide bonds. The molecular weight excluding hydrogens is 384 g/mol. The Hall–Kier alpha value is -1.41. The van der Waals surface area contributed by atoms with Crippen LogP contribution in [-0.2, 0) is 16.4 Å². The van der Waals surface area contributed by atoms with E-state index >= 15 is 0 Å². The van der Waals surface area contributed by atoms with Crippen LogP contribution in [0.2, 0.25) is 0 Å². The number of aromatic nitrogens is 1. The molecule has 1 aliphatic carbocycles. The minimum Gasteiger partial charge on any atom is -0.230 e. The minimum absolute atomic E-state index is 0.0758. The van der Waals surface area contributed by atoms with Crippen LogP contribution in [0.15, 0.2) is 52.9 Å². The molecule has 1 heterocycles. The molecular formula is C19H20N2O2S3. The van der Waals surface area contributed by atoms with Gasteiger partial charge in [-0.1, -0.05) is 48.2 Å². The quantitative estimate of drug-likeness (QED) is 0.469. The summed E-state index contributed by atoms with van der Waals surface area (Å²) in [5.41, 5.74) is 3.39. The molecule has 0 saturated carbocycles. The predicted molar refractivity (Wildman–Crippen MR) is 109 cm³/mol. The lowest BCUT2D eigenvalue weighted by molar-refractivity contribution is 0.553. The van der Waals surface area contributed by atoms with E-state index in [9.17, 15) is 8.42 Å². The molecule has 1 aliphatic rings. The maximum absolute atomic E-state index is 12.4. The number of para-hydroxylation sites is 1. The summed E-state index contributed by atoms with van der Waals surface area (Å²) in [7, 11) is -3.27. The molecule has 0 saturated heterocycles. The van der Waals surface area contributed by atoms with Gasteiger partial charge in [-0.15, -0.1) is 11.3 Å². The first-order valence-corrected chi connectivity index (χ1v) is 12.1. The molecule has 2 aromatic carbocycles. The lowest BCUT2D eigenvalue weighted by atomic mass is 10.1. The van der Waals surface area contributed by atoms with E-state index in [4.69, 9.17) is 0 Å². The molecule has 0 spiro atoms. The number of rotatable bonds is 7. The molecule has 4 rings (SSSR count). The number of hydrogen-bond acceptors (Lipinski definition) is 5. The van der Waals surface area contributed by atoms with Crippen LogP contribution in [0.4, 0.5) is 0 Å². The Kier molecular flexibility index (Phi) is 5.31. The summed E-state index contributed by atoms with van der Waals surface area (Å²) in [5, 5.41) is 0. The highest BCUT2D eigenvalue weighted by atomic mass is 32.2. The number of thioether (sulfide) groups is 1. The van der Waals surface area contributed by atoms with E-state index in [2.05, 4.69) is 21.8 Å². The van der Waals surface area contributed by atoms with Gasteiger partial charge in [0.2, 0.25) is 10.0 Å². The van der Waals surface area contributed by atoms with Gasteiger partial charge >= 0.3 is 0 Å². The lowest BCUT2D eigenvalue weighted by Crippen LogP contribution is -2.29. The molecule has 7 heteroatoms. The highest BCUT2D eigenvalue weighted by Crippen LogP contribution is 2.32. The third-order valence-corrected chi connectivity index (χ3v) is 8.25. The van der Waals surface area contributed by atoms with E-state index < -0.39 is 10.0 Å². The predicted octanol–water partition coefficient (Wildman–Crippen LogP) is 4.39. The van der Waals surface area contributed by atoms with Crippen LogP contribution in [0.3, 0.4) is 0 Å². The third kappa shape index (κ3) is 4.11.